The second-order valence-electron chi connectivity index (χ2n) is 5.61. The molecule has 0 aliphatic carbocycles. The molecule has 0 radical (unpaired) electrons. The van der Waals surface area contributed by atoms with Crippen LogP contribution in [0.2, 0.25) is 0 Å². The average molecular weight is 213 g/mol. The number of piperidine rings is 1. The van der Waals surface area contributed by atoms with Crippen molar-refractivity contribution in [2.45, 2.75) is 40.5 Å². The number of β-amino-alcohol motifs (C(OH)–C–C–N with tert-alkyl or cyclic N) is 1. The number of likely N-dealkylation sites (tertiary alicyclic amines) is 1. The molecule has 1 aliphatic heterocycles. The van der Waals surface area contributed by atoms with Crippen LogP contribution in [0.3, 0.4) is 0 Å². The number of aliphatic hydroxyl groups is 1. The molecule has 0 aromatic rings. The zero-order valence-electron chi connectivity index (χ0n) is 10.8. The second kappa shape index (κ2) is 5.31. The maximum Gasteiger partial charge on any atom is 0.0558 e. The number of hydrogen-bond donors (Lipinski definition) is 1. The maximum atomic E-state index is 8.93. The normalized spacial score (nSPS) is 22.6. The topological polar surface area (TPSA) is 23.5 Å². The van der Waals surface area contributed by atoms with E-state index in [0.717, 1.165) is 31.5 Å². The van der Waals surface area contributed by atoms with E-state index in [-0.39, 0.29) is 0 Å². The zero-order valence-corrected chi connectivity index (χ0v) is 10.8. The van der Waals surface area contributed by atoms with Crippen LogP contribution in [0.5, 0.6) is 0 Å². The lowest BCUT2D eigenvalue weighted by Crippen LogP contribution is -2.46. The van der Waals surface area contributed by atoms with E-state index < -0.39 is 0 Å². The van der Waals surface area contributed by atoms with Gasteiger partial charge >= 0.3 is 0 Å². The molecule has 0 aromatic heterocycles. The molecule has 1 saturated heterocycles. The molecule has 90 valence electrons. The third kappa shape index (κ3) is 2.73. The Morgan fingerprint density at radius 3 is 1.87 bits per heavy atom. The summed E-state index contributed by atoms with van der Waals surface area (Å²) >= 11 is 0. The molecule has 1 heterocycles. The van der Waals surface area contributed by atoms with Gasteiger partial charge in [-0.2, -0.15) is 0 Å². The van der Waals surface area contributed by atoms with Crippen molar-refractivity contribution >= 4 is 0 Å². The summed E-state index contributed by atoms with van der Waals surface area (Å²) in [6.07, 6.45) is 2.59. The molecule has 0 aromatic carbocycles. The molecular weight excluding hydrogens is 186 g/mol. The van der Waals surface area contributed by atoms with Crippen LogP contribution in [0.4, 0.5) is 0 Å². The van der Waals surface area contributed by atoms with Crippen molar-refractivity contribution in [1.82, 2.24) is 4.90 Å². The number of rotatable bonds is 4. The van der Waals surface area contributed by atoms with E-state index in [4.69, 9.17) is 5.11 Å². The SMILES string of the molecule is CC(C)C1(C(C)C)CCN(CCO)CC1. The molecule has 0 unspecified atom stereocenters. The highest BCUT2D eigenvalue weighted by Crippen LogP contribution is 2.44. The van der Waals surface area contributed by atoms with E-state index >= 15 is 0 Å². The standard InChI is InChI=1S/C13H27NO/c1-11(2)13(12(3)4)5-7-14(8-6-13)9-10-15/h11-12,15H,5-10H2,1-4H3. The molecule has 1 fully saturated rings. The summed E-state index contributed by atoms with van der Waals surface area (Å²) in [7, 11) is 0. The fourth-order valence-electron chi connectivity index (χ4n) is 3.16. The van der Waals surface area contributed by atoms with Crippen LogP contribution in [0, 0.1) is 17.3 Å². The first-order valence-electron chi connectivity index (χ1n) is 6.36. The minimum Gasteiger partial charge on any atom is -0.395 e. The van der Waals surface area contributed by atoms with Gasteiger partial charge in [0.25, 0.3) is 0 Å². The van der Waals surface area contributed by atoms with Gasteiger partial charge in [0.2, 0.25) is 0 Å². The summed E-state index contributed by atoms with van der Waals surface area (Å²) in [5, 5.41) is 8.93. The average Bonchev–Trinajstić information content (AvgIpc) is 2.18. The van der Waals surface area contributed by atoms with Gasteiger partial charge in [0.05, 0.1) is 6.61 Å². The Balaban J connectivity index is 2.58. The van der Waals surface area contributed by atoms with Crippen LogP contribution in [-0.2, 0) is 0 Å². The fourth-order valence-corrected chi connectivity index (χ4v) is 3.16. The molecule has 0 saturated carbocycles. The van der Waals surface area contributed by atoms with Crippen LogP contribution in [-0.4, -0.2) is 36.2 Å². The third-order valence-electron chi connectivity index (χ3n) is 4.50. The highest BCUT2D eigenvalue weighted by atomic mass is 16.3. The van der Waals surface area contributed by atoms with Gasteiger partial charge in [-0.1, -0.05) is 27.7 Å². The van der Waals surface area contributed by atoms with E-state index in [1.807, 2.05) is 0 Å². The van der Waals surface area contributed by atoms with Crippen molar-refractivity contribution in [3.63, 3.8) is 0 Å². The fraction of sp³-hybridized carbons (Fsp3) is 1.00. The smallest absolute Gasteiger partial charge is 0.0558 e. The van der Waals surface area contributed by atoms with Crippen LogP contribution in [0.25, 0.3) is 0 Å². The minimum absolute atomic E-state index is 0.302. The molecule has 0 bridgehead atoms. The maximum absolute atomic E-state index is 8.93. The lowest BCUT2D eigenvalue weighted by molar-refractivity contribution is 0.0145. The van der Waals surface area contributed by atoms with Crippen molar-refractivity contribution in [3.05, 3.63) is 0 Å². The van der Waals surface area contributed by atoms with Crippen molar-refractivity contribution in [2.24, 2.45) is 17.3 Å². The van der Waals surface area contributed by atoms with E-state index in [2.05, 4.69) is 32.6 Å². The molecule has 0 atom stereocenters. The summed E-state index contributed by atoms with van der Waals surface area (Å²) < 4.78 is 0. The molecule has 2 nitrogen and oxygen atoms in total. The monoisotopic (exact) mass is 213 g/mol. The zero-order chi connectivity index (χ0) is 11.5. The Bertz CT molecular complexity index is 171. The minimum atomic E-state index is 0.302. The van der Waals surface area contributed by atoms with Gasteiger partial charge in [0, 0.05) is 6.54 Å². The van der Waals surface area contributed by atoms with E-state index in [0.29, 0.717) is 12.0 Å². The predicted molar refractivity (Wildman–Crippen MR) is 64.9 cm³/mol. The Morgan fingerprint density at radius 1 is 1.07 bits per heavy atom. The van der Waals surface area contributed by atoms with Crippen molar-refractivity contribution < 1.29 is 5.11 Å². The molecule has 0 amide bonds. The highest BCUT2D eigenvalue weighted by molar-refractivity contribution is 4.90. The molecule has 1 rings (SSSR count). The van der Waals surface area contributed by atoms with Gasteiger partial charge in [0.1, 0.15) is 0 Å². The van der Waals surface area contributed by atoms with Gasteiger partial charge in [0.15, 0.2) is 0 Å². The number of aliphatic hydroxyl groups excluding tert-OH is 1. The summed E-state index contributed by atoms with van der Waals surface area (Å²) in [5.41, 5.74) is 0.534. The van der Waals surface area contributed by atoms with Gasteiger partial charge in [-0.05, 0) is 43.2 Å². The van der Waals surface area contributed by atoms with Gasteiger partial charge in [-0.25, -0.2) is 0 Å². The first-order chi connectivity index (χ1) is 7.03. The predicted octanol–water partition coefficient (Wildman–Crippen LogP) is 2.37. The Labute approximate surface area is 94.7 Å². The van der Waals surface area contributed by atoms with Crippen molar-refractivity contribution in [2.75, 3.05) is 26.2 Å². The lowest BCUT2D eigenvalue weighted by atomic mass is 9.63. The Morgan fingerprint density at radius 2 is 1.53 bits per heavy atom. The third-order valence-corrected chi connectivity index (χ3v) is 4.50. The molecule has 2 heteroatoms. The van der Waals surface area contributed by atoms with Gasteiger partial charge in [-0.3, -0.25) is 0 Å². The van der Waals surface area contributed by atoms with E-state index in [1.54, 1.807) is 0 Å². The summed E-state index contributed by atoms with van der Waals surface area (Å²) in [5.74, 6) is 1.54. The molecule has 15 heavy (non-hydrogen) atoms. The molecular formula is C13H27NO. The largest absolute Gasteiger partial charge is 0.395 e. The highest BCUT2D eigenvalue weighted by Gasteiger charge is 2.39. The summed E-state index contributed by atoms with van der Waals surface area (Å²) in [6.45, 7) is 12.9. The Kier molecular flexibility index (Phi) is 4.60. The molecule has 1 aliphatic rings. The van der Waals surface area contributed by atoms with Crippen LogP contribution < -0.4 is 0 Å². The summed E-state index contributed by atoms with van der Waals surface area (Å²) in [4.78, 5) is 2.39. The van der Waals surface area contributed by atoms with Gasteiger partial charge < -0.3 is 10.0 Å². The number of nitrogens with zero attached hydrogens (tertiary/aromatic N) is 1. The van der Waals surface area contributed by atoms with Crippen molar-refractivity contribution in [1.29, 1.82) is 0 Å². The molecule has 1 N–H and O–H groups in total. The summed E-state index contributed by atoms with van der Waals surface area (Å²) in [6, 6.07) is 0. The quantitative estimate of drug-likeness (QED) is 0.775. The first kappa shape index (κ1) is 13.0. The van der Waals surface area contributed by atoms with E-state index in [1.165, 1.54) is 12.8 Å². The van der Waals surface area contributed by atoms with Crippen LogP contribution >= 0.6 is 0 Å². The Hall–Kier alpha value is -0.0800. The lowest BCUT2D eigenvalue weighted by Gasteiger charge is -2.47. The van der Waals surface area contributed by atoms with Gasteiger partial charge in [-0.15, -0.1) is 0 Å². The first-order valence-corrected chi connectivity index (χ1v) is 6.36. The molecule has 0 spiro atoms. The number of hydrogen-bond acceptors (Lipinski definition) is 2. The van der Waals surface area contributed by atoms with Crippen LogP contribution in [0.1, 0.15) is 40.5 Å². The van der Waals surface area contributed by atoms with E-state index in [9.17, 15) is 0 Å². The van der Waals surface area contributed by atoms with Crippen molar-refractivity contribution in [3.8, 4) is 0 Å². The second-order valence-corrected chi connectivity index (χ2v) is 5.61. The van der Waals surface area contributed by atoms with Crippen LogP contribution in [0.15, 0.2) is 0 Å².